The Labute approximate surface area is 97.3 Å². The summed E-state index contributed by atoms with van der Waals surface area (Å²) in [6.45, 7) is 5.90. The number of hydrazine groups is 1. The fraction of sp³-hybridized carbons (Fsp3) is 0.364. The van der Waals surface area contributed by atoms with Crippen LogP contribution in [0.5, 0.6) is 0 Å². The van der Waals surface area contributed by atoms with E-state index in [0.717, 1.165) is 5.69 Å². The van der Waals surface area contributed by atoms with Gasteiger partial charge in [-0.15, -0.1) is 0 Å². The first-order chi connectivity index (χ1) is 7.38. The molecule has 1 amide bonds. The maximum absolute atomic E-state index is 11.5. The largest absolute Gasteiger partial charge is 0.503 e. The number of anilines is 1. The van der Waals surface area contributed by atoms with Crippen LogP contribution in [0.4, 0.5) is 10.5 Å². The predicted octanol–water partition coefficient (Wildman–Crippen LogP) is 2.60. The Morgan fingerprint density at radius 3 is 2.31 bits per heavy atom. The molecule has 0 spiro atoms. The molecule has 0 saturated heterocycles. The van der Waals surface area contributed by atoms with Gasteiger partial charge in [-0.3, -0.25) is 5.01 Å². The smallest absolute Gasteiger partial charge is 0.412 e. The molecule has 0 fully saturated rings. The maximum atomic E-state index is 11.5. The molecule has 0 aromatic heterocycles. The van der Waals surface area contributed by atoms with Crippen LogP contribution in [0.2, 0.25) is 19.6 Å². The molecule has 0 radical (unpaired) electrons. The number of nitrogens with one attached hydrogen (secondary N) is 1. The first-order valence-electron chi connectivity index (χ1n) is 5.17. The molecule has 0 atom stereocenters. The third-order valence-electron chi connectivity index (χ3n) is 1.80. The average Bonchev–Trinajstić information content (AvgIpc) is 2.16. The van der Waals surface area contributed by atoms with Gasteiger partial charge in [0.25, 0.3) is 0 Å². The second-order valence-electron chi connectivity index (χ2n) is 4.51. The number of nitrogens with zero attached hydrogens (tertiary/aromatic N) is 1. The van der Waals surface area contributed by atoms with Crippen molar-refractivity contribution in [1.82, 2.24) is 5.43 Å². The first kappa shape index (κ1) is 12.6. The average molecular weight is 238 g/mol. The zero-order valence-corrected chi connectivity index (χ0v) is 11.2. The van der Waals surface area contributed by atoms with Crippen molar-refractivity contribution in [1.29, 1.82) is 0 Å². The highest BCUT2D eigenvalue weighted by Gasteiger charge is 2.20. The zero-order chi connectivity index (χ0) is 12.2. The van der Waals surface area contributed by atoms with Crippen molar-refractivity contribution in [2.75, 3.05) is 12.1 Å². The quantitative estimate of drug-likeness (QED) is 0.650. The van der Waals surface area contributed by atoms with Gasteiger partial charge in [0.05, 0.1) is 5.69 Å². The Hall–Kier alpha value is -1.49. The number of rotatable bonds is 3. The summed E-state index contributed by atoms with van der Waals surface area (Å²) in [5.41, 5.74) is 3.57. The molecule has 1 aromatic rings. The summed E-state index contributed by atoms with van der Waals surface area (Å²) in [6.07, 6.45) is -0.398. The third-order valence-corrected chi connectivity index (χ3v) is 2.60. The summed E-state index contributed by atoms with van der Waals surface area (Å²) >= 11 is 0. The van der Waals surface area contributed by atoms with E-state index in [1.807, 2.05) is 50.0 Å². The van der Waals surface area contributed by atoms with Crippen LogP contribution in [0.25, 0.3) is 0 Å². The number of hydrogen-bond donors (Lipinski definition) is 1. The van der Waals surface area contributed by atoms with E-state index < -0.39 is 14.4 Å². The Kier molecular flexibility index (Phi) is 3.95. The van der Waals surface area contributed by atoms with E-state index in [-0.39, 0.29) is 0 Å². The molecule has 0 aliphatic heterocycles. The van der Waals surface area contributed by atoms with Crippen LogP contribution >= 0.6 is 0 Å². The first-order valence-corrected chi connectivity index (χ1v) is 8.58. The Balaban J connectivity index is 2.52. The molecule has 0 heterocycles. The van der Waals surface area contributed by atoms with E-state index in [2.05, 4.69) is 5.43 Å². The number of benzene rings is 1. The molecule has 88 valence electrons. The van der Waals surface area contributed by atoms with Gasteiger partial charge < -0.3 is 4.43 Å². The van der Waals surface area contributed by atoms with Crippen LogP contribution < -0.4 is 10.4 Å². The number of hydrogen-bond acceptors (Lipinski definition) is 3. The Bertz CT molecular complexity index is 349. The van der Waals surface area contributed by atoms with E-state index in [0.29, 0.717) is 0 Å². The normalized spacial score (nSPS) is 10.8. The van der Waals surface area contributed by atoms with Crippen LogP contribution in [0.15, 0.2) is 30.3 Å². The van der Waals surface area contributed by atoms with Gasteiger partial charge in [-0.25, -0.2) is 10.2 Å². The minimum atomic E-state index is -1.83. The summed E-state index contributed by atoms with van der Waals surface area (Å²) in [5, 5.41) is 1.64. The molecule has 1 rings (SSSR count). The van der Waals surface area contributed by atoms with Crippen LogP contribution in [0.3, 0.4) is 0 Å². The van der Waals surface area contributed by atoms with Gasteiger partial charge in [0.2, 0.25) is 8.32 Å². The lowest BCUT2D eigenvalue weighted by Gasteiger charge is -2.23. The topological polar surface area (TPSA) is 41.6 Å². The van der Waals surface area contributed by atoms with Gasteiger partial charge in [0, 0.05) is 7.05 Å². The highest BCUT2D eigenvalue weighted by Crippen LogP contribution is 2.09. The van der Waals surface area contributed by atoms with Crippen LogP contribution in [-0.2, 0) is 4.43 Å². The molecule has 0 saturated carbocycles. The highest BCUT2D eigenvalue weighted by atomic mass is 28.4. The van der Waals surface area contributed by atoms with Crippen LogP contribution in [0.1, 0.15) is 0 Å². The van der Waals surface area contributed by atoms with Crippen molar-refractivity contribution >= 4 is 20.1 Å². The summed E-state index contributed by atoms with van der Waals surface area (Å²) in [7, 11) is -0.0482. The van der Waals surface area contributed by atoms with Crippen LogP contribution in [0, 0.1) is 0 Å². The number of carbonyl (C=O) groups is 1. The van der Waals surface area contributed by atoms with E-state index in [1.165, 1.54) is 0 Å². The molecule has 0 bridgehead atoms. The molecular weight excluding hydrogens is 220 g/mol. The minimum absolute atomic E-state index is 0.398. The Morgan fingerprint density at radius 1 is 1.25 bits per heavy atom. The van der Waals surface area contributed by atoms with Crippen molar-refractivity contribution in [3.05, 3.63) is 30.3 Å². The second-order valence-corrected chi connectivity index (χ2v) is 8.94. The molecule has 16 heavy (non-hydrogen) atoms. The van der Waals surface area contributed by atoms with Crippen molar-refractivity contribution in [2.24, 2.45) is 0 Å². The minimum Gasteiger partial charge on any atom is -0.503 e. The lowest BCUT2D eigenvalue weighted by Crippen LogP contribution is -2.44. The molecule has 4 nitrogen and oxygen atoms in total. The monoisotopic (exact) mass is 238 g/mol. The van der Waals surface area contributed by atoms with Crippen molar-refractivity contribution in [3.63, 3.8) is 0 Å². The summed E-state index contributed by atoms with van der Waals surface area (Å²) in [4.78, 5) is 11.5. The Morgan fingerprint density at radius 2 is 1.81 bits per heavy atom. The fourth-order valence-electron chi connectivity index (χ4n) is 1.15. The van der Waals surface area contributed by atoms with Gasteiger partial charge in [-0.05, 0) is 31.8 Å². The third kappa shape index (κ3) is 4.35. The maximum Gasteiger partial charge on any atom is 0.412 e. The van der Waals surface area contributed by atoms with E-state index in [4.69, 9.17) is 4.43 Å². The standard InChI is InChI=1S/C11H18N2O2Si/c1-13(10-8-6-5-7-9-10)12-11(14)15-16(2,3)4/h5-9H,1-4H3,(H,12,14). The van der Waals surface area contributed by atoms with Gasteiger partial charge >= 0.3 is 6.09 Å². The fourth-order valence-corrected chi connectivity index (χ4v) is 1.76. The summed E-state index contributed by atoms with van der Waals surface area (Å²) < 4.78 is 5.28. The number of para-hydroxylation sites is 1. The lowest BCUT2D eigenvalue weighted by molar-refractivity contribution is 0.198. The second kappa shape index (κ2) is 5.02. The van der Waals surface area contributed by atoms with E-state index in [9.17, 15) is 4.79 Å². The SMILES string of the molecule is CN(NC(=O)O[Si](C)(C)C)c1ccccc1. The summed E-state index contributed by atoms with van der Waals surface area (Å²) in [5.74, 6) is 0. The molecular formula is C11H18N2O2Si. The lowest BCUT2D eigenvalue weighted by atomic mass is 10.3. The van der Waals surface area contributed by atoms with Gasteiger partial charge in [-0.2, -0.15) is 0 Å². The zero-order valence-electron chi connectivity index (χ0n) is 10.2. The number of carbonyl (C=O) groups excluding carboxylic acids is 1. The number of amides is 1. The van der Waals surface area contributed by atoms with Crippen molar-refractivity contribution in [3.8, 4) is 0 Å². The molecule has 0 aliphatic carbocycles. The van der Waals surface area contributed by atoms with E-state index >= 15 is 0 Å². The van der Waals surface area contributed by atoms with Crippen LogP contribution in [-0.4, -0.2) is 21.5 Å². The van der Waals surface area contributed by atoms with Gasteiger partial charge in [0.15, 0.2) is 0 Å². The predicted molar refractivity (Wildman–Crippen MR) is 67.8 cm³/mol. The molecule has 0 unspecified atom stereocenters. The van der Waals surface area contributed by atoms with Gasteiger partial charge in [0.1, 0.15) is 0 Å². The molecule has 0 aliphatic rings. The molecule has 5 heteroatoms. The van der Waals surface area contributed by atoms with Crippen molar-refractivity contribution in [2.45, 2.75) is 19.6 Å². The van der Waals surface area contributed by atoms with Gasteiger partial charge in [-0.1, -0.05) is 18.2 Å². The molecule has 1 N–H and O–H groups in total. The van der Waals surface area contributed by atoms with Crippen molar-refractivity contribution < 1.29 is 9.22 Å². The highest BCUT2D eigenvalue weighted by molar-refractivity contribution is 6.71. The summed E-state index contributed by atoms with van der Waals surface area (Å²) in [6, 6.07) is 9.58. The molecule has 1 aromatic carbocycles. The van der Waals surface area contributed by atoms with E-state index in [1.54, 1.807) is 12.1 Å².